The van der Waals surface area contributed by atoms with Gasteiger partial charge in [-0.05, 0) is 38.1 Å². The standard InChI is InChI=1S/C22H24N6O2/c1-23-22-20(30-14-3-6-24-7-4-14)19-16-9-13(15-5-8-25-12-18(15)29-2)10-26-21(16)28-17(19)11-27-22/h5,8-12,14,24H,3-4,6-7H2,1-2H3,(H,23,27)(H,26,28). The Morgan fingerprint density at radius 1 is 1.13 bits per heavy atom. The Balaban J connectivity index is 1.69. The SMILES string of the molecule is CNc1ncc2[nH]c3ncc(-c4ccncc4OC)cc3c2c1OC1CCNCC1. The highest BCUT2D eigenvalue weighted by molar-refractivity contribution is 6.11. The first-order chi connectivity index (χ1) is 14.8. The lowest BCUT2D eigenvalue weighted by molar-refractivity contribution is 0.165. The molecule has 4 aromatic rings. The molecular weight excluding hydrogens is 380 g/mol. The fourth-order valence-electron chi connectivity index (χ4n) is 4.04. The molecule has 1 aliphatic rings. The van der Waals surface area contributed by atoms with Crippen molar-refractivity contribution < 1.29 is 9.47 Å². The van der Waals surface area contributed by atoms with Gasteiger partial charge < -0.3 is 25.1 Å². The maximum atomic E-state index is 6.50. The Hall–Kier alpha value is -3.39. The number of H-pyrrole nitrogens is 1. The van der Waals surface area contributed by atoms with Crippen LogP contribution in [0.3, 0.4) is 0 Å². The summed E-state index contributed by atoms with van der Waals surface area (Å²) in [5.74, 6) is 2.21. The minimum atomic E-state index is 0.159. The summed E-state index contributed by atoms with van der Waals surface area (Å²) in [6.45, 7) is 1.93. The van der Waals surface area contributed by atoms with Gasteiger partial charge in [-0.15, -0.1) is 0 Å². The van der Waals surface area contributed by atoms with Crippen LogP contribution in [0, 0.1) is 0 Å². The highest BCUT2D eigenvalue weighted by atomic mass is 16.5. The number of pyridine rings is 3. The Labute approximate surface area is 174 Å². The Bertz CT molecular complexity index is 1200. The van der Waals surface area contributed by atoms with Crippen molar-refractivity contribution in [3.05, 3.63) is 36.9 Å². The number of methoxy groups -OCH3 is 1. The van der Waals surface area contributed by atoms with Gasteiger partial charge in [0, 0.05) is 36.0 Å². The number of ether oxygens (including phenoxy) is 2. The van der Waals surface area contributed by atoms with Crippen molar-refractivity contribution >= 4 is 27.8 Å². The van der Waals surface area contributed by atoms with Crippen LogP contribution in [0.4, 0.5) is 5.82 Å². The summed E-state index contributed by atoms with van der Waals surface area (Å²) in [5.41, 5.74) is 3.60. The lowest BCUT2D eigenvalue weighted by Gasteiger charge is -2.25. The van der Waals surface area contributed by atoms with E-state index < -0.39 is 0 Å². The van der Waals surface area contributed by atoms with Gasteiger partial charge in [-0.2, -0.15) is 0 Å². The van der Waals surface area contributed by atoms with Gasteiger partial charge in [0.15, 0.2) is 11.6 Å². The first-order valence-electron chi connectivity index (χ1n) is 10.1. The average molecular weight is 404 g/mol. The summed E-state index contributed by atoms with van der Waals surface area (Å²) >= 11 is 0. The van der Waals surface area contributed by atoms with Crippen LogP contribution in [-0.2, 0) is 0 Å². The lowest BCUT2D eigenvalue weighted by atomic mass is 10.1. The average Bonchev–Trinajstić information content (AvgIpc) is 3.18. The third-order valence-electron chi connectivity index (χ3n) is 5.57. The second-order valence-electron chi connectivity index (χ2n) is 7.36. The van der Waals surface area contributed by atoms with Crippen LogP contribution >= 0.6 is 0 Å². The monoisotopic (exact) mass is 404 g/mol. The van der Waals surface area contributed by atoms with Crippen LogP contribution in [0.5, 0.6) is 11.5 Å². The van der Waals surface area contributed by atoms with Gasteiger partial charge in [0.1, 0.15) is 17.5 Å². The quantitative estimate of drug-likeness (QED) is 0.469. The molecule has 0 saturated carbocycles. The Morgan fingerprint density at radius 2 is 2.00 bits per heavy atom. The van der Waals surface area contributed by atoms with Crippen molar-refractivity contribution in [1.82, 2.24) is 25.3 Å². The van der Waals surface area contributed by atoms with E-state index in [0.29, 0.717) is 5.75 Å². The summed E-state index contributed by atoms with van der Waals surface area (Å²) in [6, 6.07) is 4.05. The van der Waals surface area contributed by atoms with Gasteiger partial charge in [-0.1, -0.05) is 0 Å². The molecule has 8 heteroatoms. The number of anilines is 1. The van der Waals surface area contributed by atoms with Crippen LogP contribution in [0.25, 0.3) is 33.1 Å². The van der Waals surface area contributed by atoms with Crippen molar-refractivity contribution in [2.45, 2.75) is 18.9 Å². The van der Waals surface area contributed by atoms with Crippen molar-refractivity contribution in [3.8, 4) is 22.6 Å². The third-order valence-corrected chi connectivity index (χ3v) is 5.57. The van der Waals surface area contributed by atoms with E-state index in [1.165, 1.54) is 0 Å². The molecule has 5 heterocycles. The number of rotatable bonds is 5. The Kier molecular flexibility index (Phi) is 4.84. The van der Waals surface area contributed by atoms with E-state index in [9.17, 15) is 0 Å². The molecule has 3 N–H and O–H groups in total. The predicted octanol–water partition coefficient (Wildman–Crippen LogP) is 3.35. The highest BCUT2D eigenvalue weighted by Crippen LogP contribution is 2.39. The molecule has 0 spiro atoms. The summed E-state index contributed by atoms with van der Waals surface area (Å²) in [7, 11) is 3.51. The molecule has 154 valence electrons. The van der Waals surface area contributed by atoms with Crippen LogP contribution < -0.4 is 20.1 Å². The largest absolute Gasteiger partial charge is 0.494 e. The zero-order valence-electron chi connectivity index (χ0n) is 17.0. The smallest absolute Gasteiger partial charge is 0.172 e. The van der Waals surface area contributed by atoms with Crippen molar-refractivity contribution in [3.63, 3.8) is 0 Å². The van der Waals surface area contributed by atoms with E-state index in [2.05, 4.69) is 36.6 Å². The molecule has 8 nitrogen and oxygen atoms in total. The minimum absolute atomic E-state index is 0.159. The molecule has 5 rings (SSSR count). The second kappa shape index (κ2) is 7.79. The van der Waals surface area contributed by atoms with Gasteiger partial charge in [0.05, 0.1) is 30.4 Å². The van der Waals surface area contributed by atoms with E-state index >= 15 is 0 Å². The molecule has 0 bridgehead atoms. The zero-order chi connectivity index (χ0) is 20.5. The molecule has 30 heavy (non-hydrogen) atoms. The normalized spacial score (nSPS) is 14.9. The number of aromatic amines is 1. The summed E-state index contributed by atoms with van der Waals surface area (Å²) < 4.78 is 12.0. The number of piperidine rings is 1. The van der Waals surface area contributed by atoms with Crippen LogP contribution in [0.2, 0.25) is 0 Å². The molecule has 1 fully saturated rings. The van der Waals surface area contributed by atoms with Crippen molar-refractivity contribution in [2.24, 2.45) is 0 Å². The number of hydrogen-bond donors (Lipinski definition) is 3. The summed E-state index contributed by atoms with van der Waals surface area (Å²) in [5, 5.41) is 8.55. The predicted molar refractivity (Wildman–Crippen MR) is 117 cm³/mol. The zero-order valence-corrected chi connectivity index (χ0v) is 17.0. The van der Waals surface area contributed by atoms with Crippen LogP contribution in [-0.4, -0.2) is 53.3 Å². The number of hydrogen-bond acceptors (Lipinski definition) is 7. The number of nitrogens with one attached hydrogen (secondary N) is 3. The first-order valence-corrected chi connectivity index (χ1v) is 10.1. The van der Waals surface area contributed by atoms with E-state index in [4.69, 9.17) is 9.47 Å². The summed E-state index contributed by atoms with van der Waals surface area (Å²) in [6.07, 6.45) is 9.24. The van der Waals surface area contributed by atoms with Gasteiger partial charge in [0.2, 0.25) is 0 Å². The molecule has 1 aliphatic heterocycles. The molecule has 0 amide bonds. The van der Waals surface area contributed by atoms with E-state index in [1.54, 1.807) is 19.5 Å². The number of aromatic nitrogens is 4. The highest BCUT2D eigenvalue weighted by Gasteiger charge is 2.22. The second-order valence-corrected chi connectivity index (χ2v) is 7.36. The molecule has 0 radical (unpaired) electrons. The molecule has 4 aromatic heterocycles. The molecule has 1 saturated heterocycles. The fourth-order valence-corrected chi connectivity index (χ4v) is 4.04. The van der Waals surface area contributed by atoms with Crippen LogP contribution in [0.15, 0.2) is 36.9 Å². The lowest BCUT2D eigenvalue weighted by Crippen LogP contribution is -2.34. The molecular formula is C22H24N6O2. The number of nitrogens with zero attached hydrogens (tertiary/aromatic N) is 3. The molecule has 0 aliphatic carbocycles. The third kappa shape index (κ3) is 3.19. The fraction of sp³-hybridized carbons (Fsp3) is 0.318. The van der Waals surface area contributed by atoms with E-state index in [-0.39, 0.29) is 6.10 Å². The van der Waals surface area contributed by atoms with E-state index in [1.807, 2.05) is 25.5 Å². The van der Waals surface area contributed by atoms with E-state index in [0.717, 1.165) is 70.6 Å². The van der Waals surface area contributed by atoms with Gasteiger partial charge >= 0.3 is 0 Å². The first kappa shape index (κ1) is 18.6. The maximum Gasteiger partial charge on any atom is 0.172 e. The van der Waals surface area contributed by atoms with Gasteiger partial charge in [0.25, 0.3) is 0 Å². The minimum Gasteiger partial charge on any atom is -0.494 e. The van der Waals surface area contributed by atoms with Gasteiger partial charge in [-0.3, -0.25) is 4.98 Å². The Morgan fingerprint density at radius 3 is 2.80 bits per heavy atom. The molecule has 0 aromatic carbocycles. The number of fused-ring (bicyclic) bond motifs is 3. The van der Waals surface area contributed by atoms with Gasteiger partial charge in [-0.25, -0.2) is 9.97 Å². The van der Waals surface area contributed by atoms with Crippen molar-refractivity contribution in [1.29, 1.82) is 0 Å². The van der Waals surface area contributed by atoms with Crippen LogP contribution in [0.1, 0.15) is 12.8 Å². The maximum absolute atomic E-state index is 6.50. The topological polar surface area (TPSA) is 97.0 Å². The molecule has 0 atom stereocenters. The molecule has 0 unspecified atom stereocenters. The van der Waals surface area contributed by atoms with Crippen molar-refractivity contribution in [2.75, 3.05) is 32.6 Å². The summed E-state index contributed by atoms with van der Waals surface area (Å²) in [4.78, 5) is 16.8.